The smallest absolute Gasteiger partial charge is 0.0365 e. The number of nitrogens with two attached hydrogens (primary N) is 1. The SMILES string of the molecule is Cc1ccc([C@@H]2CCN2)c(N)c1. The zero-order valence-corrected chi connectivity index (χ0v) is 7.30. The van der Waals surface area contributed by atoms with Crippen LogP contribution < -0.4 is 11.1 Å². The van der Waals surface area contributed by atoms with Crippen molar-refractivity contribution in [3.05, 3.63) is 29.3 Å². The molecule has 1 atom stereocenters. The fourth-order valence-corrected chi connectivity index (χ4v) is 1.57. The largest absolute Gasteiger partial charge is 0.398 e. The van der Waals surface area contributed by atoms with Crippen LogP contribution in [0.15, 0.2) is 18.2 Å². The summed E-state index contributed by atoms with van der Waals surface area (Å²) < 4.78 is 0. The van der Waals surface area contributed by atoms with E-state index in [9.17, 15) is 0 Å². The Labute approximate surface area is 72.8 Å². The summed E-state index contributed by atoms with van der Waals surface area (Å²) in [5, 5.41) is 3.34. The van der Waals surface area contributed by atoms with Crippen LogP contribution in [0.3, 0.4) is 0 Å². The van der Waals surface area contributed by atoms with Crippen molar-refractivity contribution in [2.24, 2.45) is 0 Å². The highest BCUT2D eigenvalue weighted by Crippen LogP contribution is 2.27. The highest BCUT2D eigenvalue weighted by atomic mass is 15.0. The van der Waals surface area contributed by atoms with E-state index >= 15 is 0 Å². The molecule has 1 aromatic carbocycles. The molecule has 0 radical (unpaired) electrons. The van der Waals surface area contributed by atoms with Crippen molar-refractivity contribution in [3.8, 4) is 0 Å². The van der Waals surface area contributed by atoms with Gasteiger partial charge in [-0.1, -0.05) is 12.1 Å². The Morgan fingerprint density at radius 2 is 2.25 bits per heavy atom. The molecule has 0 bridgehead atoms. The predicted molar refractivity (Wildman–Crippen MR) is 51.0 cm³/mol. The Hall–Kier alpha value is -1.02. The lowest BCUT2D eigenvalue weighted by Crippen LogP contribution is -2.35. The third-order valence-electron chi connectivity index (χ3n) is 2.44. The predicted octanol–water partition coefficient (Wildman–Crippen LogP) is 1.61. The molecular formula is C10H14N2. The van der Waals surface area contributed by atoms with Crippen LogP contribution in [0.5, 0.6) is 0 Å². The number of nitrogen functional groups attached to an aromatic ring is 1. The van der Waals surface area contributed by atoms with E-state index in [1.165, 1.54) is 17.5 Å². The number of hydrogen-bond acceptors (Lipinski definition) is 2. The van der Waals surface area contributed by atoms with E-state index in [4.69, 9.17) is 5.73 Å². The molecule has 1 aromatic rings. The first-order valence-electron chi connectivity index (χ1n) is 4.37. The van der Waals surface area contributed by atoms with Gasteiger partial charge in [-0.15, -0.1) is 0 Å². The van der Waals surface area contributed by atoms with Crippen LogP contribution in [0.4, 0.5) is 5.69 Å². The number of benzene rings is 1. The van der Waals surface area contributed by atoms with Gasteiger partial charge in [0.25, 0.3) is 0 Å². The minimum absolute atomic E-state index is 0.505. The van der Waals surface area contributed by atoms with Gasteiger partial charge in [-0.2, -0.15) is 0 Å². The Bertz CT molecular complexity index is 290. The first-order chi connectivity index (χ1) is 5.77. The minimum atomic E-state index is 0.505. The van der Waals surface area contributed by atoms with E-state index < -0.39 is 0 Å². The van der Waals surface area contributed by atoms with Crippen LogP contribution in [0, 0.1) is 6.92 Å². The third kappa shape index (κ3) is 1.18. The third-order valence-corrected chi connectivity index (χ3v) is 2.44. The van der Waals surface area contributed by atoms with Crippen molar-refractivity contribution in [2.45, 2.75) is 19.4 Å². The molecule has 1 aliphatic heterocycles. The van der Waals surface area contributed by atoms with Crippen molar-refractivity contribution in [1.82, 2.24) is 5.32 Å². The molecule has 1 heterocycles. The van der Waals surface area contributed by atoms with Crippen molar-refractivity contribution >= 4 is 5.69 Å². The molecule has 0 amide bonds. The van der Waals surface area contributed by atoms with Gasteiger partial charge in [-0.25, -0.2) is 0 Å². The molecule has 1 fully saturated rings. The summed E-state index contributed by atoms with van der Waals surface area (Å²) in [7, 11) is 0. The normalized spacial score (nSPS) is 21.9. The molecule has 2 rings (SSSR count). The van der Waals surface area contributed by atoms with E-state index in [0.717, 1.165) is 12.2 Å². The van der Waals surface area contributed by atoms with Crippen LogP contribution >= 0.6 is 0 Å². The molecule has 3 N–H and O–H groups in total. The molecule has 64 valence electrons. The Balaban J connectivity index is 2.31. The summed E-state index contributed by atoms with van der Waals surface area (Å²) in [6.45, 7) is 3.19. The van der Waals surface area contributed by atoms with Gasteiger partial charge < -0.3 is 11.1 Å². The first-order valence-corrected chi connectivity index (χ1v) is 4.37. The molecule has 1 aliphatic rings. The number of nitrogens with one attached hydrogen (secondary N) is 1. The lowest BCUT2D eigenvalue weighted by atomic mass is 9.95. The molecule has 1 saturated heterocycles. The molecule has 12 heavy (non-hydrogen) atoms. The standard InChI is InChI=1S/C10H14N2/c1-7-2-3-8(9(11)6-7)10-4-5-12-10/h2-3,6,10,12H,4-5,11H2,1H3/t10-/m0/s1. The van der Waals surface area contributed by atoms with Gasteiger partial charge in [-0.3, -0.25) is 0 Å². The summed E-state index contributed by atoms with van der Waals surface area (Å²) in [6.07, 6.45) is 1.22. The highest BCUT2D eigenvalue weighted by molar-refractivity contribution is 5.51. The molecule has 0 unspecified atom stereocenters. The summed E-state index contributed by atoms with van der Waals surface area (Å²) in [5.74, 6) is 0. The highest BCUT2D eigenvalue weighted by Gasteiger charge is 2.19. The molecule has 0 saturated carbocycles. The van der Waals surface area contributed by atoms with E-state index in [1.807, 2.05) is 6.07 Å². The quantitative estimate of drug-likeness (QED) is 0.616. The molecule has 0 spiro atoms. The lowest BCUT2D eigenvalue weighted by Gasteiger charge is -2.29. The fraction of sp³-hybridized carbons (Fsp3) is 0.400. The van der Waals surface area contributed by atoms with E-state index in [0.29, 0.717) is 6.04 Å². The monoisotopic (exact) mass is 162 g/mol. The van der Waals surface area contributed by atoms with Gasteiger partial charge in [-0.05, 0) is 37.1 Å². The first kappa shape index (κ1) is 7.62. The van der Waals surface area contributed by atoms with Crippen molar-refractivity contribution in [3.63, 3.8) is 0 Å². The summed E-state index contributed by atoms with van der Waals surface area (Å²) in [6, 6.07) is 6.79. The van der Waals surface area contributed by atoms with Gasteiger partial charge >= 0.3 is 0 Å². The van der Waals surface area contributed by atoms with Gasteiger partial charge in [0.2, 0.25) is 0 Å². The fourth-order valence-electron chi connectivity index (χ4n) is 1.57. The zero-order chi connectivity index (χ0) is 8.55. The molecule has 2 nitrogen and oxygen atoms in total. The van der Waals surface area contributed by atoms with Crippen molar-refractivity contribution < 1.29 is 0 Å². The van der Waals surface area contributed by atoms with Crippen LogP contribution in [0.25, 0.3) is 0 Å². The number of anilines is 1. The Kier molecular flexibility index (Phi) is 1.77. The summed E-state index contributed by atoms with van der Waals surface area (Å²) in [4.78, 5) is 0. The van der Waals surface area contributed by atoms with Crippen LogP contribution in [-0.4, -0.2) is 6.54 Å². The molecule has 0 aromatic heterocycles. The van der Waals surface area contributed by atoms with E-state index in [2.05, 4.69) is 24.4 Å². The maximum Gasteiger partial charge on any atom is 0.0365 e. The van der Waals surface area contributed by atoms with Crippen molar-refractivity contribution in [2.75, 3.05) is 12.3 Å². The number of aryl methyl sites for hydroxylation is 1. The number of rotatable bonds is 1. The maximum atomic E-state index is 5.89. The topological polar surface area (TPSA) is 38.0 Å². The minimum Gasteiger partial charge on any atom is -0.398 e. The van der Waals surface area contributed by atoms with E-state index in [1.54, 1.807) is 0 Å². The second-order valence-electron chi connectivity index (χ2n) is 3.43. The lowest BCUT2D eigenvalue weighted by molar-refractivity contribution is 0.384. The number of hydrogen-bond donors (Lipinski definition) is 2. The maximum absolute atomic E-state index is 5.89. The second kappa shape index (κ2) is 2.79. The van der Waals surface area contributed by atoms with E-state index in [-0.39, 0.29) is 0 Å². The van der Waals surface area contributed by atoms with Gasteiger partial charge in [0.1, 0.15) is 0 Å². The zero-order valence-electron chi connectivity index (χ0n) is 7.30. The molecule has 0 aliphatic carbocycles. The van der Waals surface area contributed by atoms with Gasteiger partial charge in [0.15, 0.2) is 0 Å². The van der Waals surface area contributed by atoms with Crippen LogP contribution in [0.1, 0.15) is 23.6 Å². The van der Waals surface area contributed by atoms with Crippen LogP contribution in [0.2, 0.25) is 0 Å². The average molecular weight is 162 g/mol. The van der Waals surface area contributed by atoms with Crippen LogP contribution in [-0.2, 0) is 0 Å². The summed E-state index contributed by atoms with van der Waals surface area (Å²) >= 11 is 0. The Morgan fingerprint density at radius 1 is 1.50 bits per heavy atom. The second-order valence-corrected chi connectivity index (χ2v) is 3.43. The van der Waals surface area contributed by atoms with Gasteiger partial charge in [0, 0.05) is 11.7 Å². The Morgan fingerprint density at radius 3 is 2.75 bits per heavy atom. The van der Waals surface area contributed by atoms with Crippen molar-refractivity contribution in [1.29, 1.82) is 0 Å². The average Bonchev–Trinajstić information content (AvgIpc) is 1.91. The van der Waals surface area contributed by atoms with Gasteiger partial charge in [0.05, 0.1) is 0 Å². The molecular weight excluding hydrogens is 148 g/mol. The summed E-state index contributed by atoms with van der Waals surface area (Å²) in [5.41, 5.74) is 9.30. The molecule has 2 heteroatoms.